The molecule has 8 aliphatic rings. The first-order valence-corrected chi connectivity index (χ1v) is 20.2. The molecule has 4 saturated carbocycles. The Hall–Kier alpha value is -0.810. The van der Waals surface area contributed by atoms with Gasteiger partial charge in [-0.1, -0.05) is 27.7 Å². The monoisotopic (exact) mass is 737 g/mol. The molecule has 0 bridgehead atoms. The first-order chi connectivity index (χ1) is 24.6. The molecule has 22 atom stereocenters. The molecular weight excluding hydrogens is 674 g/mol. The Kier molecular flexibility index (Phi) is 10.0. The van der Waals surface area contributed by atoms with Gasteiger partial charge in [-0.2, -0.15) is 0 Å². The molecule has 1 spiro atoms. The summed E-state index contributed by atoms with van der Waals surface area (Å²) < 4.78 is 31.0. The number of rotatable bonds is 5. The van der Waals surface area contributed by atoms with Gasteiger partial charge in [0.15, 0.2) is 18.4 Å². The minimum atomic E-state index is -1.62. The number of aliphatic hydroxyl groups excluding tert-OH is 6. The van der Waals surface area contributed by atoms with Gasteiger partial charge in [-0.3, -0.25) is 10.1 Å². The molecule has 8 fully saturated rings. The summed E-state index contributed by atoms with van der Waals surface area (Å²) in [4.78, 5) is 14.5. The van der Waals surface area contributed by atoms with Crippen LogP contribution in [-0.2, 0) is 28.5 Å². The van der Waals surface area contributed by atoms with Gasteiger partial charge in [0.1, 0.15) is 54.6 Å². The summed E-state index contributed by atoms with van der Waals surface area (Å²) in [5.41, 5.74) is -0.409. The molecule has 13 nitrogen and oxygen atoms in total. The third-order valence-corrected chi connectivity index (χ3v) is 16.1. The summed E-state index contributed by atoms with van der Waals surface area (Å²) in [6.07, 6.45) is -5.45. The van der Waals surface area contributed by atoms with Gasteiger partial charge in [-0.15, -0.1) is 0 Å². The third kappa shape index (κ3) is 5.73. The Morgan fingerprint density at radius 2 is 1.56 bits per heavy atom. The van der Waals surface area contributed by atoms with Crippen molar-refractivity contribution in [2.24, 2.45) is 52.3 Å². The Bertz CT molecular complexity index is 1330. The minimum absolute atomic E-state index is 0.0203. The number of carbonyl (C=O) groups is 1. The van der Waals surface area contributed by atoms with E-state index in [4.69, 9.17) is 23.7 Å². The van der Waals surface area contributed by atoms with Crippen LogP contribution in [0.25, 0.3) is 0 Å². The fourth-order valence-electron chi connectivity index (χ4n) is 13.0. The van der Waals surface area contributed by atoms with E-state index in [2.05, 4.69) is 33.0 Å². The highest BCUT2D eigenvalue weighted by Crippen LogP contribution is 2.70. The smallest absolute Gasteiger partial charge is 0.187 e. The Morgan fingerprint density at radius 1 is 0.808 bits per heavy atom. The Morgan fingerprint density at radius 3 is 2.27 bits per heavy atom. The van der Waals surface area contributed by atoms with E-state index in [1.807, 2.05) is 0 Å². The summed E-state index contributed by atoms with van der Waals surface area (Å²) in [6.45, 7) is 11.3. The van der Waals surface area contributed by atoms with Gasteiger partial charge in [0.2, 0.25) is 0 Å². The van der Waals surface area contributed by atoms with Crippen molar-refractivity contribution in [1.82, 2.24) is 5.32 Å². The maximum absolute atomic E-state index is 14.5. The van der Waals surface area contributed by atoms with Gasteiger partial charge in [-0.05, 0) is 99.2 Å². The van der Waals surface area contributed by atoms with Crippen molar-refractivity contribution < 1.29 is 59.1 Å². The predicted molar refractivity (Wildman–Crippen MR) is 184 cm³/mol. The van der Waals surface area contributed by atoms with Gasteiger partial charge in [0, 0.05) is 24.3 Å². The van der Waals surface area contributed by atoms with E-state index in [1.165, 1.54) is 6.92 Å². The average Bonchev–Trinajstić information content (AvgIpc) is 3.53. The van der Waals surface area contributed by atoms with Gasteiger partial charge in [-0.25, -0.2) is 0 Å². The van der Waals surface area contributed by atoms with E-state index < -0.39 is 68.0 Å². The van der Waals surface area contributed by atoms with E-state index in [-0.39, 0.29) is 46.5 Å². The molecule has 52 heavy (non-hydrogen) atoms. The van der Waals surface area contributed by atoms with Gasteiger partial charge in [0.25, 0.3) is 0 Å². The summed E-state index contributed by atoms with van der Waals surface area (Å²) in [5.74, 6) is 2.62. The number of carbonyl (C=O) groups excluding carboxylic acids is 1. The van der Waals surface area contributed by atoms with E-state index in [1.54, 1.807) is 0 Å². The van der Waals surface area contributed by atoms with Gasteiger partial charge >= 0.3 is 0 Å². The van der Waals surface area contributed by atoms with Crippen molar-refractivity contribution in [3.63, 3.8) is 0 Å². The maximum Gasteiger partial charge on any atom is 0.187 e. The molecule has 7 N–H and O–H groups in total. The Balaban J connectivity index is 0.957. The fraction of sp³-hybridized carbons (Fsp3) is 0.974. The molecule has 0 aromatic heterocycles. The number of hydrogen-bond donors (Lipinski definition) is 7. The van der Waals surface area contributed by atoms with Crippen LogP contribution in [0.1, 0.15) is 92.4 Å². The molecule has 0 unspecified atom stereocenters. The second-order valence-corrected chi connectivity index (χ2v) is 18.8. The first kappa shape index (κ1) is 38.1. The lowest BCUT2D eigenvalue weighted by Gasteiger charge is -2.61. The molecule has 0 aromatic rings. The highest BCUT2D eigenvalue weighted by molar-refractivity contribution is 5.90. The van der Waals surface area contributed by atoms with Crippen molar-refractivity contribution >= 4 is 5.78 Å². The Labute approximate surface area is 307 Å². The fourth-order valence-corrected chi connectivity index (χ4v) is 13.0. The van der Waals surface area contributed by atoms with Gasteiger partial charge in [0.05, 0.1) is 18.8 Å². The van der Waals surface area contributed by atoms with Crippen molar-refractivity contribution in [2.75, 3.05) is 13.2 Å². The number of ether oxygens (including phenoxy) is 5. The quantitative estimate of drug-likeness (QED) is 0.199. The molecule has 4 aliphatic heterocycles. The minimum Gasteiger partial charge on any atom is -0.394 e. The topological polar surface area (TPSA) is 197 Å². The molecular formula is C39H63NO12. The average molecular weight is 738 g/mol. The SMILES string of the molecule is C[C@@H]1CC[C@]2(NC1)O[C@@H]1C(=O)[C@@H]3[C@H]4CC[C@H]5C[C@@H](O[C@@H]6O[C@@H](CO)[C@H](O)[C@H](O)[C@H]6O[C@@H]6O[C@@H](C)[C@H](O)[C@@H](O)[C@@H]6O)CC[C@]5(C)[C@@H]4CC[C@]3(C)[C@@H]1[C@H]2C. The summed E-state index contributed by atoms with van der Waals surface area (Å²) >= 11 is 0. The zero-order valence-electron chi connectivity index (χ0n) is 31.4. The lowest BCUT2D eigenvalue weighted by atomic mass is 9.44. The van der Waals surface area contributed by atoms with Crippen molar-refractivity contribution in [1.29, 1.82) is 0 Å². The molecule has 0 radical (unpaired) electrons. The molecule has 13 heteroatoms. The van der Waals surface area contributed by atoms with Crippen LogP contribution >= 0.6 is 0 Å². The van der Waals surface area contributed by atoms with Crippen molar-refractivity contribution in [3.05, 3.63) is 0 Å². The molecule has 296 valence electrons. The van der Waals surface area contributed by atoms with E-state index in [9.17, 15) is 35.4 Å². The summed E-state index contributed by atoms with van der Waals surface area (Å²) in [6, 6.07) is 0. The predicted octanol–water partition coefficient (Wildman–Crippen LogP) is 1.22. The van der Waals surface area contributed by atoms with Crippen LogP contribution in [0.4, 0.5) is 0 Å². The standard InChI is InChI=1S/C39H63NO12/c1-17-8-13-39(40-15-17)18(2)25-33(52-39)29(44)26-22-7-6-20-14-21(9-11-37(20,4)23(22)10-12-38(25,26)5)49-36-34(31(46)28(43)24(16-41)50-36)51-35-32(47)30(45)27(42)19(3)48-35/h17-28,30-36,40-43,45-47H,6-16H2,1-5H3/t17-,18-,19+,20+,21+,22+,23-,24+,25-,26+,27+,28+,30-,31+,32+,33+,34-,35+,36-,37+,38-,39+/m1/s1. The van der Waals surface area contributed by atoms with Crippen LogP contribution in [0.3, 0.4) is 0 Å². The molecule has 4 saturated heterocycles. The second kappa shape index (κ2) is 13.7. The molecule has 0 aromatic carbocycles. The van der Waals surface area contributed by atoms with Crippen molar-refractivity contribution in [3.8, 4) is 0 Å². The highest BCUT2D eigenvalue weighted by Gasteiger charge is 2.72. The molecule has 4 aliphatic carbocycles. The number of aliphatic hydroxyl groups is 6. The number of hydrogen-bond acceptors (Lipinski definition) is 13. The zero-order valence-corrected chi connectivity index (χ0v) is 31.4. The van der Waals surface area contributed by atoms with Crippen LogP contribution in [0.5, 0.6) is 0 Å². The maximum atomic E-state index is 14.5. The lowest BCUT2D eigenvalue weighted by molar-refractivity contribution is -0.371. The first-order valence-electron chi connectivity index (χ1n) is 20.2. The third-order valence-electron chi connectivity index (χ3n) is 16.1. The number of nitrogens with one attached hydrogen (secondary N) is 1. The summed E-state index contributed by atoms with van der Waals surface area (Å²) in [7, 11) is 0. The number of Topliss-reactive ketones (excluding diaryl/α,β-unsaturated/α-hetero) is 1. The second-order valence-electron chi connectivity index (χ2n) is 18.8. The van der Waals surface area contributed by atoms with Crippen LogP contribution in [0, 0.1) is 52.3 Å². The largest absolute Gasteiger partial charge is 0.394 e. The normalized spacial score (nSPS) is 59.1. The summed E-state index contributed by atoms with van der Waals surface area (Å²) in [5, 5.41) is 66.7. The molecule has 0 amide bonds. The van der Waals surface area contributed by atoms with Crippen molar-refractivity contribution in [2.45, 2.75) is 172 Å². The van der Waals surface area contributed by atoms with E-state index in [0.717, 1.165) is 64.3 Å². The van der Waals surface area contributed by atoms with E-state index in [0.29, 0.717) is 29.5 Å². The number of fused-ring (bicyclic) bond motifs is 7. The molecule has 4 heterocycles. The highest BCUT2D eigenvalue weighted by atomic mass is 16.8. The van der Waals surface area contributed by atoms with Crippen LogP contribution in [-0.4, -0.2) is 129 Å². The van der Waals surface area contributed by atoms with E-state index >= 15 is 0 Å². The van der Waals surface area contributed by atoms with Crippen LogP contribution in [0.2, 0.25) is 0 Å². The van der Waals surface area contributed by atoms with Gasteiger partial charge < -0.3 is 54.3 Å². The number of piperidine rings is 1. The number of ketones is 1. The lowest BCUT2D eigenvalue weighted by Crippen LogP contribution is -2.64. The van der Waals surface area contributed by atoms with Crippen LogP contribution in [0.15, 0.2) is 0 Å². The van der Waals surface area contributed by atoms with Crippen LogP contribution < -0.4 is 5.32 Å². The zero-order chi connectivity index (χ0) is 37.1. The molecule has 8 rings (SSSR count).